The van der Waals surface area contributed by atoms with E-state index >= 15 is 0 Å². The van der Waals surface area contributed by atoms with E-state index in [-0.39, 0.29) is 0 Å². The molecule has 2 aromatic rings. The van der Waals surface area contributed by atoms with E-state index < -0.39 is 0 Å². The molecule has 3 heteroatoms. The van der Waals surface area contributed by atoms with Gasteiger partial charge in [-0.15, -0.1) is 0 Å². The smallest absolute Gasteiger partial charge is 0.118 e. The number of hydrogen-bond acceptors (Lipinski definition) is 2. The minimum Gasteiger partial charge on any atom is -0.497 e. The summed E-state index contributed by atoms with van der Waals surface area (Å²) in [5.41, 5.74) is 2.19. The maximum absolute atomic E-state index is 5.13. The monoisotopic (exact) mass is 242 g/mol. The van der Waals surface area contributed by atoms with E-state index in [0.29, 0.717) is 0 Å². The molecule has 18 heavy (non-hydrogen) atoms. The van der Waals surface area contributed by atoms with Gasteiger partial charge >= 0.3 is 0 Å². The Balaban J connectivity index is 2.18. The van der Waals surface area contributed by atoms with Crippen molar-refractivity contribution in [2.24, 2.45) is 0 Å². The van der Waals surface area contributed by atoms with Gasteiger partial charge in [0, 0.05) is 18.8 Å². The fourth-order valence-corrected chi connectivity index (χ4v) is 1.84. The zero-order chi connectivity index (χ0) is 13.0. The Morgan fingerprint density at radius 2 is 2.00 bits per heavy atom. The number of hydrogen-bond donors (Lipinski definition) is 0. The first-order valence-corrected chi connectivity index (χ1v) is 6.09. The number of nitrogens with zero attached hydrogens (tertiary/aromatic N) is 2. The zero-order valence-electron chi connectivity index (χ0n) is 11.1. The summed E-state index contributed by atoms with van der Waals surface area (Å²) in [7, 11) is 1.67. The molecule has 0 atom stereocenters. The Labute approximate surface area is 108 Å². The molecule has 1 aromatic heterocycles. The normalized spacial score (nSPS) is 11.1. The summed E-state index contributed by atoms with van der Waals surface area (Å²) >= 11 is 0. The van der Waals surface area contributed by atoms with Crippen LogP contribution in [0.4, 0.5) is 0 Å². The van der Waals surface area contributed by atoms with Gasteiger partial charge in [0.2, 0.25) is 0 Å². The molecule has 2 rings (SSSR count). The van der Waals surface area contributed by atoms with E-state index in [1.165, 1.54) is 0 Å². The van der Waals surface area contributed by atoms with Gasteiger partial charge in [0.25, 0.3) is 0 Å². The minimum atomic E-state index is 0.875. The molecule has 0 unspecified atom stereocenters. The van der Waals surface area contributed by atoms with Crippen LogP contribution in [0.1, 0.15) is 24.0 Å². The van der Waals surface area contributed by atoms with Crippen LogP contribution >= 0.6 is 0 Å². The third kappa shape index (κ3) is 2.80. The number of methoxy groups -OCH3 is 1. The summed E-state index contributed by atoms with van der Waals surface area (Å²) in [5.74, 6) is 1.96. The minimum absolute atomic E-state index is 0.875. The Morgan fingerprint density at radius 3 is 2.61 bits per heavy atom. The summed E-state index contributed by atoms with van der Waals surface area (Å²) in [5, 5.41) is 0. The second-order valence-electron chi connectivity index (χ2n) is 4.15. The van der Waals surface area contributed by atoms with Crippen LogP contribution in [-0.4, -0.2) is 16.7 Å². The molecule has 0 saturated carbocycles. The van der Waals surface area contributed by atoms with Gasteiger partial charge < -0.3 is 9.30 Å². The molecule has 0 radical (unpaired) electrons. The summed E-state index contributed by atoms with van der Waals surface area (Å²) in [6.45, 7) is 4.12. The zero-order valence-corrected chi connectivity index (χ0v) is 11.1. The van der Waals surface area contributed by atoms with Crippen molar-refractivity contribution in [1.82, 2.24) is 9.55 Å². The van der Waals surface area contributed by atoms with E-state index in [2.05, 4.69) is 22.6 Å². The molecule has 94 valence electrons. The van der Waals surface area contributed by atoms with Crippen LogP contribution in [0.15, 0.2) is 30.5 Å². The van der Waals surface area contributed by atoms with Gasteiger partial charge in [0.1, 0.15) is 11.6 Å². The highest BCUT2D eigenvalue weighted by Gasteiger charge is 1.99. The van der Waals surface area contributed by atoms with Crippen LogP contribution in [-0.2, 0) is 6.42 Å². The number of aryl methyl sites for hydroxylation is 2. The van der Waals surface area contributed by atoms with Gasteiger partial charge in [-0.2, -0.15) is 0 Å². The third-order valence-corrected chi connectivity index (χ3v) is 2.79. The Morgan fingerprint density at radius 1 is 1.28 bits per heavy atom. The second-order valence-corrected chi connectivity index (χ2v) is 4.15. The molecule has 0 N–H and O–H groups in total. The van der Waals surface area contributed by atoms with Crippen molar-refractivity contribution in [2.45, 2.75) is 20.3 Å². The maximum Gasteiger partial charge on any atom is 0.118 e. The van der Waals surface area contributed by atoms with Crippen LogP contribution in [0.5, 0.6) is 5.75 Å². The van der Waals surface area contributed by atoms with Gasteiger partial charge in [-0.05, 0) is 30.7 Å². The second kappa shape index (κ2) is 5.54. The molecule has 0 aliphatic heterocycles. The van der Waals surface area contributed by atoms with E-state index in [1.54, 1.807) is 7.11 Å². The molecule has 0 saturated heterocycles. The number of benzene rings is 1. The lowest BCUT2D eigenvalue weighted by Gasteiger charge is -2.00. The Bertz CT molecular complexity index is 538. The lowest BCUT2D eigenvalue weighted by molar-refractivity contribution is 0.415. The van der Waals surface area contributed by atoms with Gasteiger partial charge in [-0.1, -0.05) is 19.1 Å². The highest BCUT2D eigenvalue weighted by Crippen LogP contribution is 2.13. The van der Waals surface area contributed by atoms with E-state index in [9.17, 15) is 0 Å². The summed E-state index contributed by atoms with van der Waals surface area (Å²) < 4.78 is 7.20. The topological polar surface area (TPSA) is 27.1 Å². The van der Waals surface area contributed by atoms with Crippen molar-refractivity contribution in [2.75, 3.05) is 7.11 Å². The molecule has 0 aliphatic rings. The maximum atomic E-state index is 5.13. The van der Waals surface area contributed by atoms with E-state index in [4.69, 9.17) is 4.74 Å². The summed E-state index contributed by atoms with van der Waals surface area (Å²) in [4.78, 5) is 4.46. The molecule has 0 fully saturated rings. The predicted octanol–water partition coefficient (Wildman–Crippen LogP) is 3.39. The SMILES string of the molecule is CCc1nc(C)cn1/C=C\c1ccc(OC)cc1. The highest BCUT2D eigenvalue weighted by atomic mass is 16.5. The van der Waals surface area contributed by atoms with Gasteiger partial charge in [0.15, 0.2) is 0 Å². The van der Waals surface area contributed by atoms with Crippen LogP contribution in [0, 0.1) is 6.92 Å². The first-order valence-electron chi connectivity index (χ1n) is 6.09. The van der Waals surface area contributed by atoms with Crippen molar-refractivity contribution < 1.29 is 4.74 Å². The van der Waals surface area contributed by atoms with Crippen LogP contribution < -0.4 is 4.74 Å². The summed E-state index contributed by atoms with van der Waals surface area (Å²) in [6, 6.07) is 7.98. The number of rotatable bonds is 4. The molecule has 1 aromatic carbocycles. The van der Waals surface area contributed by atoms with E-state index in [1.807, 2.05) is 43.6 Å². The highest BCUT2D eigenvalue weighted by molar-refractivity contribution is 5.61. The van der Waals surface area contributed by atoms with Crippen molar-refractivity contribution in [1.29, 1.82) is 0 Å². The van der Waals surface area contributed by atoms with Crippen molar-refractivity contribution in [3.8, 4) is 5.75 Å². The van der Waals surface area contributed by atoms with Gasteiger partial charge in [-0.3, -0.25) is 0 Å². The van der Waals surface area contributed by atoms with Crippen LogP contribution in [0.3, 0.4) is 0 Å². The standard InChI is InChI=1S/C15H18N2O/c1-4-15-16-12(2)11-17(15)10-9-13-5-7-14(18-3)8-6-13/h5-11H,4H2,1-3H3/b10-9-. The van der Waals surface area contributed by atoms with Crippen molar-refractivity contribution in [3.63, 3.8) is 0 Å². The fourth-order valence-electron chi connectivity index (χ4n) is 1.84. The average molecular weight is 242 g/mol. The third-order valence-electron chi connectivity index (χ3n) is 2.79. The molecule has 0 aliphatic carbocycles. The molecule has 0 amide bonds. The molecule has 0 spiro atoms. The van der Waals surface area contributed by atoms with Gasteiger partial charge in [0.05, 0.1) is 12.8 Å². The Hall–Kier alpha value is -2.03. The molecular formula is C15H18N2O. The fraction of sp³-hybridized carbons (Fsp3) is 0.267. The van der Waals surface area contributed by atoms with Gasteiger partial charge in [-0.25, -0.2) is 4.98 Å². The first kappa shape index (κ1) is 12.4. The molecule has 3 nitrogen and oxygen atoms in total. The van der Waals surface area contributed by atoms with E-state index in [0.717, 1.165) is 29.3 Å². The molecule has 1 heterocycles. The molecular weight excluding hydrogens is 224 g/mol. The average Bonchev–Trinajstić information content (AvgIpc) is 2.77. The largest absolute Gasteiger partial charge is 0.497 e. The Kier molecular flexibility index (Phi) is 3.82. The first-order chi connectivity index (χ1) is 8.72. The summed E-state index contributed by atoms with van der Waals surface area (Å²) in [6.07, 6.45) is 7.08. The lowest BCUT2D eigenvalue weighted by atomic mass is 10.2. The molecule has 0 bridgehead atoms. The number of imidazole rings is 1. The van der Waals surface area contributed by atoms with Crippen molar-refractivity contribution >= 4 is 12.3 Å². The predicted molar refractivity (Wildman–Crippen MR) is 74.6 cm³/mol. The lowest BCUT2D eigenvalue weighted by Crippen LogP contribution is -1.92. The number of ether oxygens (including phenoxy) is 1. The van der Waals surface area contributed by atoms with Crippen LogP contribution in [0.2, 0.25) is 0 Å². The number of aromatic nitrogens is 2. The van der Waals surface area contributed by atoms with Crippen molar-refractivity contribution in [3.05, 3.63) is 47.5 Å². The van der Waals surface area contributed by atoms with Crippen LogP contribution in [0.25, 0.3) is 12.3 Å². The quantitative estimate of drug-likeness (QED) is 0.821.